The molecule has 0 aliphatic carbocycles. The molecule has 1 amide bonds. The third kappa shape index (κ3) is 4.85. The third-order valence-electron chi connectivity index (χ3n) is 3.35. The third-order valence-corrected chi connectivity index (χ3v) is 3.35. The number of quaternary nitrogens is 1. The second-order valence-electron chi connectivity index (χ2n) is 5.43. The van der Waals surface area contributed by atoms with E-state index in [1.165, 1.54) is 5.56 Å². The van der Waals surface area contributed by atoms with E-state index in [0.717, 1.165) is 12.2 Å². The van der Waals surface area contributed by atoms with E-state index in [9.17, 15) is 4.79 Å². The molecule has 20 heavy (non-hydrogen) atoms. The highest BCUT2D eigenvalue weighted by atomic mass is 16.5. The van der Waals surface area contributed by atoms with Crippen molar-refractivity contribution < 1.29 is 14.8 Å². The van der Waals surface area contributed by atoms with Crippen LogP contribution in [0.2, 0.25) is 0 Å². The zero-order valence-corrected chi connectivity index (χ0v) is 13.1. The Hall–Kier alpha value is -1.55. The monoisotopic (exact) mass is 279 g/mol. The normalized spacial score (nSPS) is 13.9. The van der Waals surface area contributed by atoms with Gasteiger partial charge in [-0.05, 0) is 45.0 Å². The maximum absolute atomic E-state index is 12.0. The van der Waals surface area contributed by atoms with Crippen LogP contribution in [0.15, 0.2) is 24.3 Å². The van der Waals surface area contributed by atoms with E-state index in [4.69, 9.17) is 4.74 Å². The molecule has 0 saturated carbocycles. The SMILES string of the molecule is CC[C@@H]([NH2+][C@@H](C)C(=O)NC(C)C)c1ccc(OC)cc1. The van der Waals surface area contributed by atoms with Crippen molar-refractivity contribution in [2.45, 2.75) is 52.2 Å². The van der Waals surface area contributed by atoms with E-state index in [0.29, 0.717) is 0 Å². The molecular formula is C16H27N2O2+. The van der Waals surface area contributed by atoms with Gasteiger partial charge in [-0.2, -0.15) is 0 Å². The smallest absolute Gasteiger partial charge is 0.278 e. The molecule has 2 atom stereocenters. The number of benzene rings is 1. The summed E-state index contributed by atoms with van der Waals surface area (Å²) in [5.74, 6) is 0.946. The number of nitrogens with one attached hydrogen (secondary N) is 1. The van der Waals surface area contributed by atoms with Crippen molar-refractivity contribution in [3.8, 4) is 5.75 Å². The van der Waals surface area contributed by atoms with Crippen LogP contribution in [0, 0.1) is 0 Å². The Balaban J connectivity index is 2.68. The number of ether oxygens (including phenoxy) is 1. The van der Waals surface area contributed by atoms with Crippen LogP contribution >= 0.6 is 0 Å². The fourth-order valence-electron chi connectivity index (χ4n) is 2.19. The number of nitrogens with two attached hydrogens (primary N) is 1. The highest BCUT2D eigenvalue weighted by Crippen LogP contribution is 2.17. The second-order valence-corrected chi connectivity index (χ2v) is 5.43. The maximum atomic E-state index is 12.0. The molecule has 1 aromatic rings. The molecule has 0 aromatic heterocycles. The Morgan fingerprint density at radius 3 is 2.30 bits per heavy atom. The summed E-state index contributed by atoms with van der Waals surface area (Å²) in [7, 11) is 1.66. The zero-order chi connectivity index (χ0) is 15.1. The molecule has 4 heteroatoms. The van der Waals surface area contributed by atoms with Gasteiger partial charge in [-0.1, -0.05) is 6.92 Å². The second kappa shape index (κ2) is 7.90. The first-order chi connectivity index (χ1) is 9.47. The van der Waals surface area contributed by atoms with Gasteiger partial charge in [0.2, 0.25) is 0 Å². The molecular weight excluding hydrogens is 252 g/mol. The minimum Gasteiger partial charge on any atom is -0.497 e. The summed E-state index contributed by atoms with van der Waals surface area (Å²) in [6, 6.07) is 8.43. The largest absolute Gasteiger partial charge is 0.497 e. The van der Waals surface area contributed by atoms with E-state index in [1.807, 2.05) is 32.9 Å². The minimum absolute atomic E-state index is 0.0898. The van der Waals surface area contributed by atoms with Crippen LogP contribution in [0.5, 0.6) is 5.75 Å². The molecule has 0 bridgehead atoms. The molecule has 0 aliphatic rings. The van der Waals surface area contributed by atoms with Crippen LogP contribution < -0.4 is 15.4 Å². The average molecular weight is 279 g/mol. The fourth-order valence-corrected chi connectivity index (χ4v) is 2.19. The summed E-state index contributed by atoms with van der Waals surface area (Å²) in [5, 5.41) is 5.08. The van der Waals surface area contributed by atoms with Gasteiger partial charge in [0.15, 0.2) is 6.04 Å². The number of hydrogen-bond donors (Lipinski definition) is 2. The van der Waals surface area contributed by atoms with E-state index in [1.54, 1.807) is 7.11 Å². The van der Waals surface area contributed by atoms with Crippen LogP contribution in [0.3, 0.4) is 0 Å². The van der Waals surface area contributed by atoms with Gasteiger partial charge in [0.25, 0.3) is 5.91 Å². The Kier molecular flexibility index (Phi) is 6.52. The van der Waals surface area contributed by atoms with Crippen molar-refractivity contribution in [1.82, 2.24) is 5.32 Å². The first-order valence-corrected chi connectivity index (χ1v) is 7.27. The number of hydrogen-bond acceptors (Lipinski definition) is 2. The molecule has 0 spiro atoms. The highest BCUT2D eigenvalue weighted by molar-refractivity contribution is 5.80. The van der Waals surface area contributed by atoms with Crippen LogP contribution in [0.4, 0.5) is 0 Å². The molecule has 0 heterocycles. The molecule has 0 unspecified atom stereocenters. The molecule has 1 rings (SSSR count). The van der Waals surface area contributed by atoms with E-state index >= 15 is 0 Å². The molecule has 0 fully saturated rings. The molecule has 3 N–H and O–H groups in total. The van der Waals surface area contributed by atoms with Crippen LogP contribution in [-0.2, 0) is 4.79 Å². The summed E-state index contributed by atoms with van der Waals surface area (Å²) in [4.78, 5) is 12.0. The predicted octanol–water partition coefficient (Wildman–Crippen LogP) is 1.62. The maximum Gasteiger partial charge on any atom is 0.278 e. The number of rotatable bonds is 7. The lowest BCUT2D eigenvalue weighted by Gasteiger charge is -2.20. The summed E-state index contributed by atoms with van der Waals surface area (Å²) >= 11 is 0. The molecule has 4 nitrogen and oxygen atoms in total. The van der Waals surface area contributed by atoms with Gasteiger partial charge in [-0.3, -0.25) is 4.79 Å². The zero-order valence-electron chi connectivity index (χ0n) is 13.1. The first kappa shape index (κ1) is 16.5. The lowest BCUT2D eigenvalue weighted by Crippen LogP contribution is -2.92. The first-order valence-electron chi connectivity index (χ1n) is 7.27. The Labute approximate surface area is 121 Å². The number of carbonyl (C=O) groups excluding carboxylic acids is 1. The van der Waals surface area contributed by atoms with Crippen molar-refractivity contribution in [3.05, 3.63) is 29.8 Å². The van der Waals surface area contributed by atoms with Crippen LogP contribution in [-0.4, -0.2) is 25.1 Å². The van der Waals surface area contributed by atoms with Crippen LogP contribution in [0.25, 0.3) is 0 Å². The van der Waals surface area contributed by atoms with Gasteiger partial charge in [-0.25, -0.2) is 0 Å². The fraction of sp³-hybridized carbons (Fsp3) is 0.562. The molecule has 0 aliphatic heterocycles. The van der Waals surface area contributed by atoms with Crippen molar-refractivity contribution >= 4 is 5.91 Å². The molecule has 112 valence electrons. The van der Waals surface area contributed by atoms with Gasteiger partial charge in [0, 0.05) is 18.0 Å². The van der Waals surface area contributed by atoms with Crippen molar-refractivity contribution in [1.29, 1.82) is 0 Å². The van der Waals surface area contributed by atoms with Crippen LogP contribution in [0.1, 0.15) is 45.7 Å². The summed E-state index contributed by atoms with van der Waals surface area (Å²) < 4.78 is 5.17. The predicted molar refractivity (Wildman–Crippen MR) is 80.7 cm³/mol. The van der Waals surface area contributed by atoms with Crippen molar-refractivity contribution in [2.24, 2.45) is 0 Å². The van der Waals surface area contributed by atoms with Crippen molar-refractivity contribution in [2.75, 3.05) is 7.11 Å². The molecule has 0 saturated heterocycles. The number of carbonyl (C=O) groups is 1. The lowest BCUT2D eigenvalue weighted by molar-refractivity contribution is -0.713. The average Bonchev–Trinajstić information content (AvgIpc) is 2.43. The van der Waals surface area contributed by atoms with Gasteiger partial charge in [0.1, 0.15) is 11.8 Å². The van der Waals surface area contributed by atoms with Gasteiger partial charge < -0.3 is 15.4 Å². The summed E-state index contributed by atoms with van der Waals surface area (Å²) in [6.45, 7) is 8.04. The van der Waals surface area contributed by atoms with E-state index in [2.05, 4.69) is 29.7 Å². The Morgan fingerprint density at radius 1 is 1.25 bits per heavy atom. The topological polar surface area (TPSA) is 54.9 Å². The minimum atomic E-state index is -0.0931. The molecule has 1 aromatic carbocycles. The Morgan fingerprint density at radius 2 is 1.85 bits per heavy atom. The number of methoxy groups -OCH3 is 1. The standard InChI is InChI=1S/C16H26N2O2/c1-6-15(13-7-9-14(20-5)10-8-13)18-12(4)16(19)17-11(2)3/h7-12,15,18H,6H2,1-5H3,(H,17,19)/p+1/t12-,15+/m0/s1. The lowest BCUT2D eigenvalue weighted by atomic mass is 10.0. The molecule has 0 radical (unpaired) electrons. The summed E-state index contributed by atoms with van der Waals surface area (Å²) in [5.41, 5.74) is 1.22. The highest BCUT2D eigenvalue weighted by Gasteiger charge is 2.22. The number of amides is 1. The quantitative estimate of drug-likeness (QED) is 0.797. The van der Waals surface area contributed by atoms with Gasteiger partial charge in [0.05, 0.1) is 7.11 Å². The van der Waals surface area contributed by atoms with Gasteiger partial charge >= 0.3 is 0 Å². The Bertz CT molecular complexity index is 415. The van der Waals surface area contributed by atoms with Gasteiger partial charge in [-0.15, -0.1) is 0 Å². The van der Waals surface area contributed by atoms with E-state index < -0.39 is 0 Å². The van der Waals surface area contributed by atoms with Crippen molar-refractivity contribution in [3.63, 3.8) is 0 Å². The van der Waals surface area contributed by atoms with E-state index in [-0.39, 0.29) is 24.0 Å². The summed E-state index contributed by atoms with van der Waals surface area (Å²) in [6.07, 6.45) is 0.978.